The van der Waals surface area contributed by atoms with Gasteiger partial charge in [-0.2, -0.15) is 0 Å². The van der Waals surface area contributed by atoms with Crippen molar-refractivity contribution in [1.29, 1.82) is 0 Å². The van der Waals surface area contributed by atoms with E-state index in [1.54, 1.807) is 0 Å². The number of aliphatic hydroxyl groups is 3. The number of hydrogen-bond acceptors (Lipinski definition) is 7. The minimum atomic E-state index is -1.37. The normalized spacial score (nSPS) is 41.0. The van der Waals surface area contributed by atoms with Crippen molar-refractivity contribution in [3.8, 4) is 12.3 Å². The highest BCUT2D eigenvalue weighted by Gasteiger charge is 2.48. The Kier molecular flexibility index (Phi) is 7.27. The van der Waals surface area contributed by atoms with Crippen molar-refractivity contribution in [2.75, 3.05) is 0 Å². The van der Waals surface area contributed by atoms with Crippen LogP contribution < -0.4 is 4.72 Å². The summed E-state index contributed by atoms with van der Waals surface area (Å²) in [6.07, 6.45) is 5.74. The largest absolute Gasteiger partial charge is 0.598 e. The molecule has 0 amide bonds. The SMILES string of the molecule is C#C[C@@H]1CC=CC[C@@H](N[S@+]([O-])C(C)(C)C)[C@H]2O[C@H](S1)[C@H](O)[C@@H](O)[C@H]2O. The summed E-state index contributed by atoms with van der Waals surface area (Å²) in [4.78, 5) is 0. The lowest BCUT2D eigenvalue weighted by atomic mass is 9.93. The first kappa shape index (κ1) is 21.1. The zero-order valence-corrected chi connectivity index (χ0v) is 16.3. The van der Waals surface area contributed by atoms with Crippen LogP contribution in [0.25, 0.3) is 0 Å². The minimum Gasteiger partial charge on any atom is -0.598 e. The van der Waals surface area contributed by atoms with Crippen LogP contribution in [0.2, 0.25) is 0 Å². The number of aliphatic hydroxyl groups excluding tert-OH is 3. The van der Waals surface area contributed by atoms with Crippen LogP contribution in [-0.2, 0) is 16.1 Å². The maximum atomic E-state index is 12.5. The predicted octanol–water partition coefficient (Wildman–Crippen LogP) is 0.299. The molecule has 0 aromatic rings. The van der Waals surface area contributed by atoms with Crippen LogP contribution in [0.15, 0.2) is 12.2 Å². The van der Waals surface area contributed by atoms with Crippen molar-refractivity contribution < 1.29 is 24.6 Å². The lowest BCUT2D eigenvalue weighted by Gasteiger charge is -2.44. The number of allylic oxidation sites excluding steroid dienone is 1. The second-order valence-corrected chi connectivity index (χ2v) is 10.6. The van der Waals surface area contributed by atoms with Gasteiger partial charge in [0.05, 0.1) is 11.3 Å². The van der Waals surface area contributed by atoms with Crippen LogP contribution >= 0.6 is 11.8 Å². The maximum Gasteiger partial charge on any atom is 0.136 e. The van der Waals surface area contributed by atoms with Crippen molar-refractivity contribution in [3.63, 3.8) is 0 Å². The molecule has 0 unspecified atom stereocenters. The third-order valence-electron chi connectivity index (χ3n) is 4.21. The Morgan fingerprint density at radius 2 is 1.84 bits per heavy atom. The van der Waals surface area contributed by atoms with E-state index >= 15 is 0 Å². The van der Waals surface area contributed by atoms with Gasteiger partial charge in [0.2, 0.25) is 0 Å². The second kappa shape index (κ2) is 8.63. The van der Waals surface area contributed by atoms with Crippen molar-refractivity contribution >= 4 is 23.1 Å². The third-order valence-corrected chi connectivity index (χ3v) is 7.15. The van der Waals surface area contributed by atoms with Gasteiger partial charge in [-0.15, -0.1) is 22.9 Å². The molecule has 2 aliphatic heterocycles. The number of fused-ring (bicyclic) bond motifs is 2. The molecule has 2 heterocycles. The van der Waals surface area contributed by atoms with Gasteiger partial charge in [0.15, 0.2) is 0 Å². The fraction of sp³-hybridized carbons (Fsp3) is 0.765. The van der Waals surface area contributed by atoms with E-state index in [2.05, 4.69) is 10.6 Å². The molecule has 0 saturated carbocycles. The average molecular weight is 390 g/mol. The van der Waals surface area contributed by atoms with Crippen molar-refractivity contribution in [3.05, 3.63) is 12.2 Å². The minimum absolute atomic E-state index is 0.202. The fourth-order valence-electron chi connectivity index (χ4n) is 2.67. The molecule has 25 heavy (non-hydrogen) atoms. The molecule has 8 heteroatoms. The summed E-state index contributed by atoms with van der Waals surface area (Å²) in [5.74, 6) is 2.65. The van der Waals surface area contributed by atoms with Gasteiger partial charge in [-0.05, 0) is 33.6 Å². The van der Waals surface area contributed by atoms with Crippen molar-refractivity contribution in [2.24, 2.45) is 0 Å². The molecule has 0 aromatic carbocycles. The Morgan fingerprint density at radius 1 is 1.20 bits per heavy atom. The highest BCUT2D eigenvalue weighted by Crippen LogP contribution is 2.35. The molecule has 0 aromatic heterocycles. The molecule has 142 valence electrons. The Morgan fingerprint density at radius 3 is 2.44 bits per heavy atom. The van der Waals surface area contributed by atoms with Gasteiger partial charge in [0, 0.05) is 11.4 Å². The van der Waals surface area contributed by atoms with Gasteiger partial charge in [0.1, 0.15) is 34.6 Å². The molecule has 0 aliphatic carbocycles. The van der Waals surface area contributed by atoms with Gasteiger partial charge < -0.3 is 24.6 Å². The standard InChI is InChI=1S/C17H27NO5S2/c1-5-10-8-6-7-9-11(18-25(22)17(2,3)4)15-13(20)12(19)14(21)16(23-15)24-10/h1,6-7,10-16,18-21H,8-9H2,2-4H3/t10-,11-,12+,13-,14-,15-,16-,25-/m1/s1. The third kappa shape index (κ3) is 5.15. The van der Waals surface area contributed by atoms with Crippen LogP contribution in [0, 0.1) is 12.3 Å². The summed E-state index contributed by atoms with van der Waals surface area (Å²) in [5.41, 5.74) is -0.761. The van der Waals surface area contributed by atoms with Gasteiger partial charge >= 0.3 is 0 Å². The average Bonchev–Trinajstić information content (AvgIpc) is 2.55. The number of ether oxygens (including phenoxy) is 1. The number of nitrogens with one attached hydrogen (secondary N) is 1. The van der Waals surface area contributed by atoms with E-state index in [4.69, 9.17) is 11.2 Å². The van der Waals surface area contributed by atoms with Gasteiger partial charge in [-0.25, -0.2) is 0 Å². The quantitative estimate of drug-likeness (QED) is 0.306. The highest BCUT2D eigenvalue weighted by molar-refractivity contribution is 8.00. The molecule has 2 bridgehead atoms. The lowest BCUT2D eigenvalue weighted by Crippen LogP contribution is -2.63. The molecule has 0 spiro atoms. The van der Waals surface area contributed by atoms with E-state index in [-0.39, 0.29) is 5.25 Å². The molecule has 0 radical (unpaired) electrons. The fourth-order valence-corrected chi connectivity index (χ4v) is 4.67. The second-order valence-electron chi connectivity index (χ2n) is 7.28. The van der Waals surface area contributed by atoms with Gasteiger partial charge in [0.25, 0.3) is 0 Å². The smallest absolute Gasteiger partial charge is 0.136 e. The molecule has 2 rings (SSSR count). The number of hydrogen-bond donors (Lipinski definition) is 4. The molecule has 2 aliphatic rings. The summed E-state index contributed by atoms with van der Waals surface area (Å²) >= 11 is -0.120. The Bertz CT molecular complexity index is 518. The van der Waals surface area contributed by atoms with Crippen LogP contribution in [0.3, 0.4) is 0 Å². The summed E-state index contributed by atoms with van der Waals surface area (Å²) in [6, 6.07) is -0.473. The van der Waals surface area contributed by atoms with Crippen LogP contribution in [0.4, 0.5) is 0 Å². The Hall–Kier alpha value is -0.240. The summed E-state index contributed by atoms with van der Waals surface area (Å²) in [7, 11) is 0. The molecule has 6 nitrogen and oxygen atoms in total. The van der Waals surface area contributed by atoms with E-state index < -0.39 is 52.0 Å². The molecular formula is C17H27NO5S2. The van der Waals surface area contributed by atoms with Crippen molar-refractivity contribution in [2.45, 2.75) is 79.5 Å². The molecule has 1 saturated heterocycles. The summed E-state index contributed by atoms with van der Waals surface area (Å²) in [6.45, 7) is 5.54. The summed E-state index contributed by atoms with van der Waals surface area (Å²) < 4.78 is 20.9. The topological polar surface area (TPSA) is 105 Å². The molecule has 8 atom stereocenters. The number of thioether (sulfide) groups is 1. The van der Waals surface area contributed by atoms with E-state index in [1.807, 2.05) is 32.9 Å². The maximum absolute atomic E-state index is 12.5. The van der Waals surface area contributed by atoms with E-state index in [9.17, 15) is 19.9 Å². The number of terminal acetylenes is 1. The van der Waals surface area contributed by atoms with Crippen molar-refractivity contribution in [1.82, 2.24) is 4.72 Å². The van der Waals surface area contributed by atoms with Crippen LogP contribution in [-0.4, -0.2) is 65.8 Å². The number of rotatable bonds is 2. The monoisotopic (exact) mass is 389 g/mol. The van der Waals surface area contributed by atoms with Gasteiger partial charge in [-0.1, -0.05) is 18.1 Å². The first-order valence-corrected chi connectivity index (χ1v) is 10.4. The molecule has 1 fully saturated rings. The predicted molar refractivity (Wildman–Crippen MR) is 100 cm³/mol. The lowest BCUT2D eigenvalue weighted by molar-refractivity contribution is -0.203. The van der Waals surface area contributed by atoms with E-state index in [0.717, 1.165) is 0 Å². The van der Waals surface area contributed by atoms with Crippen LogP contribution in [0.1, 0.15) is 33.6 Å². The zero-order chi connectivity index (χ0) is 18.8. The first-order chi connectivity index (χ1) is 11.6. The molecule has 4 N–H and O–H groups in total. The zero-order valence-electron chi connectivity index (χ0n) is 14.7. The van der Waals surface area contributed by atoms with Gasteiger partial charge in [-0.3, -0.25) is 0 Å². The highest BCUT2D eigenvalue weighted by atomic mass is 32.2. The van der Waals surface area contributed by atoms with E-state index in [0.29, 0.717) is 12.8 Å². The first-order valence-electron chi connectivity index (χ1n) is 8.29. The summed E-state index contributed by atoms with van der Waals surface area (Å²) in [5, 5.41) is 30.7. The van der Waals surface area contributed by atoms with Crippen LogP contribution in [0.5, 0.6) is 0 Å². The Labute approximate surface area is 156 Å². The molecular weight excluding hydrogens is 362 g/mol. The van der Waals surface area contributed by atoms with E-state index in [1.165, 1.54) is 11.8 Å². The Balaban J connectivity index is 2.27.